The highest BCUT2D eigenvalue weighted by atomic mass is 32.2. The summed E-state index contributed by atoms with van der Waals surface area (Å²) in [6.45, 7) is 0.457. The number of aliphatic hydroxyl groups excluding tert-OH is 1. The van der Waals surface area contributed by atoms with E-state index in [0.29, 0.717) is 11.5 Å². The topological polar surface area (TPSA) is 88.4 Å². The molecule has 3 aromatic rings. The first kappa shape index (κ1) is 20.7. The van der Waals surface area contributed by atoms with Crippen LogP contribution in [0.25, 0.3) is 0 Å². The lowest BCUT2D eigenvalue weighted by atomic mass is 9.93. The molecule has 2 aliphatic heterocycles. The summed E-state index contributed by atoms with van der Waals surface area (Å²) < 4.78 is 40.7. The minimum Gasteiger partial charge on any atom is -0.453 e. The molecule has 3 atom stereocenters. The molecule has 164 valence electrons. The summed E-state index contributed by atoms with van der Waals surface area (Å²) in [4.78, 5) is 2.11. The third-order valence-electron chi connectivity index (χ3n) is 5.67. The van der Waals surface area contributed by atoms with Crippen LogP contribution in [0.4, 0.5) is 11.4 Å². The van der Waals surface area contributed by atoms with Crippen molar-refractivity contribution < 1.29 is 23.0 Å². The highest BCUT2D eigenvalue weighted by Crippen LogP contribution is 2.48. The molecule has 7 nitrogen and oxygen atoms in total. The van der Waals surface area contributed by atoms with Gasteiger partial charge in [0.15, 0.2) is 11.5 Å². The van der Waals surface area contributed by atoms with Gasteiger partial charge in [-0.2, -0.15) is 12.8 Å². The first-order valence-electron chi connectivity index (χ1n) is 10.3. The molecule has 8 heteroatoms. The molecule has 1 N–H and O–H groups in total. The molecular weight excluding hydrogens is 428 g/mol. The normalized spacial score (nSPS) is 22.8. The Morgan fingerprint density at radius 3 is 2.12 bits per heavy atom. The summed E-state index contributed by atoms with van der Waals surface area (Å²) in [5, 5.41) is 11.3. The Bertz CT molecular complexity index is 1200. The van der Waals surface area contributed by atoms with Crippen LogP contribution in [-0.2, 0) is 14.8 Å². The van der Waals surface area contributed by atoms with E-state index in [-0.39, 0.29) is 18.1 Å². The van der Waals surface area contributed by atoms with Crippen molar-refractivity contribution in [1.82, 2.24) is 0 Å². The second-order valence-electron chi connectivity index (χ2n) is 7.71. The number of ether oxygens (including phenoxy) is 2. The fraction of sp³-hybridized carbons (Fsp3) is 0.208. The van der Waals surface area contributed by atoms with Crippen molar-refractivity contribution in [2.24, 2.45) is 10.3 Å². The molecule has 3 aromatic carbocycles. The summed E-state index contributed by atoms with van der Waals surface area (Å²) in [5.74, 6) is 0.774. The van der Waals surface area contributed by atoms with E-state index in [9.17, 15) is 13.5 Å². The number of hydrogen-bond acceptors (Lipinski definition) is 6. The Morgan fingerprint density at radius 1 is 0.875 bits per heavy atom. The van der Waals surface area contributed by atoms with E-state index in [1.54, 1.807) is 18.2 Å². The number of rotatable bonds is 4. The van der Waals surface area contributed by atoms with Crippen LogP contribution in [-0.4, -0.2) is 45.1 Å². The number of para-hydroxylation sites is 4. The van der Waals surface area contributed by atoms with Crippen molar-refractivity contribution >= 4 is 27.6 Å². The first-order valence-corrected chi connectivity index (χ1v) is 11.7. The number of benzene rings is 3. The van der Waals surface area contributed by atoms with Crippen LogP contribution < -0.4 is 9.64 Å². The van der Waals surface area contributed by atoms with Crippen LogP contribution in [0, 0.1) is 5.92 Å². The second-order valence-corrected chi connectivity index (χ2v) is 9.34. The second kappa shape index (κ2) is 8.38. The number of aliphatic hydroxyl groups is 1. The SMILES string of the molecule is O=S(=O)(/N=C\C1COC[C@H](N2c3ccccc3Oc3ccccc32)[C@H]1O)c1ccccc1. The zero-order valence-electron chi connectivity index (χ0n) is 17.1. The van der Waals surface area contributed by atoms with Crippen molar-refractivity contribution in [1.29, 1.82) is 0 Å². The lowest BCUT2D eigenvalue weighted by Crippen LogP contribution is -2.53. The molecule has 0 saturated carbocycles. The predicted molar refractivity (Wildman–Crippen MR) is 121 cm³/mol. The number of hydrogen-bond donors (Lipinski definition) is 1. The molecule has 0 amide bonds. The van der Waals surface area contributed by atoms with Gasteiger partial charge in [-0.25, -0.2) is 0 Å². The molecule has 1 unspecified atom stereocenters. The molecule has 2 aliphatic rings. The van der Waals surface area contributed by atoms with E-state index in [1.165, 1.54) is 18.3 Å². The number of anilines is 2. The Kier molecular flexibility index (Phi) is 5.42. The zero-order valence-corrected chi connectivity index (χ0v) is 17.9. The minimum absolute atomic E-state index is 0.107. The molecular formula is C24H22N2O5S. The van der Waals surface area contributed by atoms with E-state index < -0.39 is 28.1 Å². The molecule has 0 spiro atoms. The van der Waals surface area contributed by atoms with Crippen LogP contribution in [0.3, 0.4) is 0 Å². The molecule has 5 rings (SSSR count). The van der Waals surface area contributed by atoms with Crippen LogP contribution in [0.5, 0.6) is 11.5 Å². The fourth-order valence-corrected chi connectivity index (χ4v) is 5.01. The summed E-state index contributed by atoms with van der Waals surface area (Å²) in [6, 6.07) is 22.8. The van der Waals surface area contributed by atoms with Gasteiger partial charge in [0.05, 0.1) is 41.6 Å². The number of fused-ring (bicyclic) bond motifs is 2. The highest BCUT2D eigenvalue weighted by Gasteiger charge is 2.40. The van der Waals surface area contributed by atoms with Gasteiger partial charge in [-0.1, -0.05) is 42.5 Å². The monoisotopic (exact) mass is 450 g/mol. The lowest BCUT2D eigenvalue weighted by molar-refractivity contribution is -0.0254. The number of nitrogens with zero attached hydrogens (tertiary/aromatic N) is 2. The van der Waals surface area contributed by atoms with Gasteiger partial charge in [-0.3, -0.25) is 0 Å². The minimum atomic E-state index is -3.85. The maximum Gasteiger partial charge on any atom is 0.281 e. The van der Waals surface area contributed by atoms with E-state index in [0.717, 1.165) is 11.4 Å². The summed E-state index contributed by atoms with van der Waals surface area (Å²) >= 11 is 0. The Morgan fingerprint density at radius 2 is 1.47 bits per heavy atom. The van der Waals surface area contributed by atoms with E-state index in [4.69, 9.17) is 9.47 Å². The van der Waals surface area contributed by atoms with Crippen LogP contribution in [0.2, 0.25) is 0 Å². The van der Waals surface area contributed by atoms with E-state index in [1.807, 2.05) is 53.4 Å². The smallest absolute Gasteiger partial charge is 0.281 e. The molecule has 0 aromatic heterocycles. The molecule has 0 radical (unpaired) electrons. The van der Waals surface area contributed by atoms with Gasteiger partial charge in [-0.05, 0) is 36.4 Å². The first-order chi connectivity index (χ1) is 15.5. The summed E-state index contributed by atoms with van der Waals surface area (Å²) in [5.41, 5.74) is 1.63. The lowest BCUT2D eigenvalue weighted by Gasteiger charge is -2.43. The third kappa shape index (κ3) is 3.77. The number of sulfonamides is 1. The average molecular weight is 451 g/mol. The average Bonchev–Trinajstić information content (AvgIpc) is 2.83. The quantitative estimate of drug-likeness (QED) is 0.609. The Hall–Kier alpha value is -3.20. The molecule has 1 fully saturated rings. The maximum absolute atomic E-state index is 12.5. The van der Waals surface area contributed by atoms with Crippen molar-refractivity contribution in [3.05, 3.63) is 78.9 Å². The highest BCUT2D eigenvalue weighted by molar-refractivity contribution is 7.90. The van der Waals surface area contributed by atoms with Crippen LogP contribution >= 0.6 is 0 Å². The molecule has 0 aliphatic carbocycles. The third-order valence-corrected chi connectivity index (χ3v) is 6.93. The van der Waals surface area contributed by atoms with E-state index in [2.05, 4.69) is 4.40 Å². The van der Waals surface area contributed by atoms with Gasteiger partial charge in [0, 0.05) is 12.1 Å². The Labute approximate surface area is 186 Å². The molecule has 32 heavy (non-hydrogen) atoms. The fourth-order valence-electron chi connectivity index (χ4n) is 4.07. The van der Waals surface area contributed by atoms with Gasteiger partial charge in [0.25, 0.3) is 10.0 Å². The molecule has 1 saturated heterocycles. The van der Waals surface area contributed by atoms with Gasteiger partial charge in [-0.15, -0.1) is 0 Å². The van der Waals surface area contributed by atoms with Crippen LogP contribution in [0.15, 0.2) is 88.2 Å². The Balaban J connectivity index is 1.46. The van der Waals surface area contributed by atoms with Crippen molar-refractivity contribution in [3.8, 4) is 11.5 Å². The molecule has 0 bridgehead atoms. The summed E-state index contributed by atoms with van der Waals surface area (Å²) in [7, 11) is -3.85. The van der Waals surface area contributed by atoms with Crippen molar-refractivity contribution in [2.75, 3.05) is 18.1 Å². The maximum atomic E-state index is 12.5. The van der Waals surface area contributed by atoms with Gasteiger partial charge in [0.2, 0.25) is 0 Å². The van der Waals surface area contributed by atoms with Gasteiger partial charge < -0.3 is 19.5 Å². The van der Waals surface area contributed by atoms with Gasteiger partial charge in [0.1, 0.15) is 0 Å². The zero-order chi connectivity index (χ0) is 22.1. The summed E-state index contributed by atoms with van der Waals surface area (Å²) in [6.07, 6.45) is 0.384. The van der Waals surface area contributed by atoms with Crippen LogP contribution in [0.1, 0.15) is 0 Å². The van der Waals surface area contributed by atoms with E-state index >= 15 is 0 Å². The van der Waals surface area contributed by atoms with Crippen molar-refractivity contribution in [3.63, 3.8) is 0 Å². The van der Waals surface area contributed by atoms with Crippen molar-refractivity contribution in [2.45, 2.75) is 17.0 Å². The largest absolute Gasteiger partial charge is 0.453 e. The molecule has 2 heterocycles. The predicted octanol–water partition coefficient (Wildman–Crippen LogP) is 3.77. The standard InChI is InChI=1S/C24H22N2O5S/c27-24-17(14-25-32(28,29)18-8-2-1-3-9-18)15-30-16-21(24)26-19-10-4-6-12-22(19)31-23-13-7-5-11-20(23)26/h1-14,17,21,24,27H,15-16H2/b25-14-/t17?,21-,24-/m0/s1. The van der Waals surface area contributed by atoms with Gasteiger partial charge >= 0.3 is 0 Å².